The van der Waals surface area contributed by atoms with Crippen LogP contribution >= 0.6 is 0 Å². The molecule has 0 radical (unpaired) electrons. The van der Waals surface area contributed by atoms with Crippen molar-refractivity contribution in [3.8, 4) is 0 Å². The summed E-state index contributed by atoms with van der Waals surface area (Å²) in [6.45, 7) is 1.59. The maximum atomic E-state index is 10.7. The Kier molecular flexibility index (Phi) is 2.66. The second-order valence-electron chi connectivity index (χ2n) is 5.10. The molecule has 3 atom stereocenters. The third kappa shape index (κ3) is 1.82. The predicted molar refractivity (Wildman–Crippen MR) is 65.3 cm³/mol. The third-order valence-electron chi connectivity index (χ3n) is 4.08. The Hall–Kier alpha value is -1.69. The number of rotatable bonds is 2. The van der Waals surface area contributed by atoms with Gasteiger partial charge in [-0.3, -0.25) is 10.1 Å². The molecule has 1 aromatic heterocycles. The molecule has 2 aliphatic rings. The van der Waals surface area contributed by atoms with Crippen LogP contribution in [0.25, 0.3) is 0 Å². The van der Waals surface area contributed by atoms with Gasteiger partial charge in [0.2, 0.25) is 0 Å². The van der Waals surface area contributed by atoms with Crippen molar-refractivity contribution in [1.82, 2.24) is 4.98 Å². The second kappa shape index (κ2) is 4.20. The van der Waals surface area contributed by atoms with Crippen LogP contribution in [-0.4, -0.2) is 34.2 Å². The highest BCUT2D eigenvalue weighted by atomic mass is 16.6. The van der Waals surface area contributed by atoms with Gasteiger partial charge in [0.1, 0.15) is 5.82 Å². The molecule has 2 fully saturated rings. The molecule has 1 saturated heterocycles. The summed E-state index contributed by atoms with van der Waals surface area (Å²) in [7, 11) is 0. The van der Waals surface area contributed by atoms with Crippen LogP contribution in [-0.2, 0) is 0 Å². The Morgan fingerprint density at radius 2 is 2.28 bits per heavy atom. The summed E-state index contributed by atoms with van der Waals surface area (Å²) in [6, 6.07) is 2.91. The molecule has 18 heavy (non-hydrogen) atoms. The smallest absolute Gasteiger partial charge is 0.274 e. The van der Waals surface area contributed by atoms with Crippen molar-refractivity contribution in [2.75, 3.05) is 18.0 Å². The van der Waals surface area contributed by atoms with Gasteiger partial charge in [0.15, 0.2) is 0 Å². The molecule has 96 valence electrons. The number of hydrogen-bond acceptors (Lipinski definition) is 5. The van der Waals surface area contributed by atoms with E-state index >= 15 is 0 Å². The van der Waals surface area contributed by atoms with E-state index in [-0.39, 0.29) is 11.8 Å². The van der Waals surface area contributed by atoms with E-state index in [9.17, 15) is 15.2 Å². The molecule has 1 aliphatic carbocycles. The van der Waals surface area contributed by atoms with Crippen LogP contribution in [0.2, 0.25) is 0 Å². The molecule has 1 aromatic rings. The van der Waals surface area contributed by atoms with Crippen molar-refractivity contribution in [3.05, 3.63) is 28.4 Å². The van der Waals surface area contributed by atoms with Gasteiger partial charge >= 0.3 is 0 Å². The number of hydrogen-bond donors (Lipinski definition) is 1. The largest absolute Gasteiger partial charge is 0.393 e. The summed E-state index contributed by atoms with van der Waals surface area (Å²) in [6.07, 6.45) is 3.17. The maximum Gasteiger partial charge on any atom is 0.274 e. The highest BCUT2D eigenvalue weighted by Crippen LogP contribution is 2.39. The summed E-state index contributed by atoms with van der Waals surface area (Å²) in [5.41, 5.74) is 0.0672. The molecule has 1 N–H and O–H groups in total. The van der Waals surface area contributed by atoms with Gasteiger partial charge in [0.05, 0.1) is 17.1 Å². The lowest BCUT2D eigenvalue weighted by Crippen LogP contribution is -2.25. The van der Waals surface area contributed by atoms with E-state index in [1.807, 2.05) is 4.90 Å². The summed E-state index contributed by atoms with van der Waals surface area (Å²) < 4.78 is 0. The first-order valence-electron chi connectivity index (χ1n) is 6.18. The van der Waals surface area contributed by atoms with Crippen LogP contribution in [0.3, 0.4) is 0 Å². The Morgan fingerprint density at radius 1 is 1.44 bits per heavy atom. The Balaban J connectivity index is 1.80. The maximum absolute atomic E-state index is 10.7. The van der Waals surface area contributed by atoms with Crippen molar-refractivity contribution in [1.29, 1.82) is 0 Å². The first kappa shape index (κ1) is 11.4. The quantitative estimate of drug-likeness (QED) is 0.629. The van der Waals surface area contributed by atoms with Crippen LogP contribution in [0.1, 0.15) is 12.8 Å². The number of aromatic nitrogens is 1. The average molecular weight is 249 g/mol. The fraction of sp³-hybridized carbons (Fsp3) is 0.583. The van der Waals surface area contributed by atoms with Gasteiger partial charge < -0.3 is 10.0 Å². The van der Waals surface area contributed by atoms with E-state index in [2.05, 4.69) is 4.98 Å². The fourth-order valence-corrected chi connectivity index (χ4v) is 3.12. The number of aliphatic hydroxyl groups excluding tert-OH is 1. The molecule has 3 rings (SSSR count). The van der Waals surface area contributed by atoms with Gasteiger partial charge in [-0.15, -0.1) is 0 Å². The molecule has 0 spiro atoms. The molecule has 0 bridgehead atoms. The fourth-order valence-electron chi connectivity index (χ4n) is 3.12. The monoisotopic (exact) mass is 249 g/mol. The number of nitro groups is 1. The minimum Gasteiger partial charge on any atom is -0.393 e. The van der Waals surface area contributed by atoms with Crippen LogP contribution in [0.5, 0.6) is 0 Å². The number of anilines is 1. The summed E-state index contributed by atoms with van der Waals surface area (Å²) in [4.78, 5) is 16.6. The topological polar surface area (TPSA) is 79.5 Å². The predicted octanol–water partition coefficient (Wildman–Crippen LogP) is 1.20. The molecular weight excluding hydrogens is 234 g/mol. The van der Waals surface area contributed by atoms with E-state index in [0.29, 0.717) is 17.7 Å². The van der Waals surface area contributed by atoms with Crippen LogP contribution in [0, 0.1) is 22.0 Å². The molecule has 2 heterocycles. The van der Waals surface area contributed by atoms with Crippen molar-refractivity contribution in [2.24, 2.45) is 11.8 Å². The number of nitrogens with zero attached hydrogens (tertiary/aromatic N) is 3. The minimum atomic E-state index is -0.406. The molecular formula is C12H15N3O3. The lowest BCUT2D eigenvalue weighted by atomic mass is 10.00. The lowest BCUT2D eigenvalue weighted by Gasteiger charge is -2.18. The van der Waals surface area contributed by atoms with Crippen LogP contribution in [0.4, 0.5) is 11.5 Å². The zero-order chi connectivity index (χ0) is 12.7. The average Bonchev–Trinajstić information content (AvgIpc) is 2.92. The zero-order valence-corrected chi connectivity index (χ0v) is 9.90. The summed E-state index contributed by atoms with van der Waals surface area (Å²) in [5.74, 6) is 1.44. The first-order valence-corrected chi connectivity index (χ1v) is 6.18. The van der Waals surface area contributed by atoms with Crippen molar-refractivity contribution in [2.45, 2.75) is 18.9 Å². The summed E-state index contributed by atoms with van der Waals surface area (Å²) >= 11 is 0. The minimum absolute atomic E-state index is 0.0672. The number of aliphatic hydroxyl groups is 1. The third-order valence-corrected chi connectivity index (χ3v) is 4.08. The van der Waals surface area contributed by atoms with Crippen molar-refractivity contribution >= 4 is 11.5 Å². The number of fused-ring (bicyclic) bond motifs is 1. The molecule has 6 nitrogen and oxygen atoms in total. The number of pyridine rings is 1. The zero-order valence-electron chi connectivity index (χ0n) is 9.90. The molecule has 0 aromatic carbocycles. The first-order chi connectivity index (χ1) is 8.65. The molecule has 1 aliphatic heterocycles. The second-order valence-corrected chi connectivity index (χ2v) is 5.10. The normalized spacial score (nSPS) is 30.5. The van der Waals surface area contributed by atoms with E-state index < -0.39 is 4.92 Å². The van der Waals surface area contributed by atoms with E-state index in [1.54, 1.807) is 0 Å². The Bertz CT molecular complexity index is 479. The Labute approximate surface area is 104 Å². The van der Waals surface area contributed by atoms with Gasteiger partial charge in [-0.05, 0) is 18.8 Å². The van der Waals surface area contributed by atoms with Gasteiger partial charge in [-0.25, -0.2) is 4.98 Å². The van der Waals surface area contributed by atoms with E-state index in [4.69, 9.17) is 0 Å². The highest BCUT2D eigenvalue weighted by Gasteiger charge is 2.42. The van der Waals surface area contributed by atoms with Crippen molar-refractivity contribution in [3.63, 3.8) is 0 Å². The standard InChI is InChI=1S/C12H15N3O3/c16-11-2-1-8-6-14(7-10(8)11)12-5-9(15(17)18)3-4-13-12/h3-5,8,10-11,16H,1-2,6-7H2. The molecule has 6 heteroatoms. The van der Waals surface area contributed by atoms with Gasteiger partial charge in [-0.1, -0.05) is 0 Å². The van der Waals surface area contributed by atoms with Crippen molar-refractivity contribution < 1.29 is 10.0 Å². The SMILES string of the molecule is O=[N+]([O-])c1ccnc(N2CC3CCC(O)C3C2)c1. The van der Waals surface area contributed by atoms with E-state index in [0.717, 1.165) is 25.9 Å². The lowest BCUT2D eigenvalue weighted by molar-refractivity contribution is -0.384. The van der Waals surface area contributed by atoms with Gasteiger partial charge in [-0.2, -0.15) is 0 Å². The van der Waals surface area contributed by atoms with Gasteiger partial charge in [0.25, 0.3) is 5.69 Å². The Morgan fingerprint density at radius 3 is 3.00 bits per heavy atom. The molecule has 3 unspecified atom stereocenters. The van der Waals surface area contributed by atoms with Gasteiger partial charge in [0, 0.05) is 31.3 Å². The molecule has 0 amide bonds. The van der Waals surface area contributed by atoms with Crippen LogP contribution in [0.15, 0.2) is 18.3 Å². The van der Waals surface area contributed by atoms with Crippen LogP contribution < -0.4 is 4.90 Å². The summed E-state index contributed by atoms with van der Waals surface area (Å²) in [5, 5.41) is 20.6. The highest BCUT2D eigenvalue weighted by molar-refractivity contribution is 5.47. The van der Waals surface area contributed by atoms with E-state index in [1.165, 1.54) is 18.3 Å². The molecule has 1 saturated carbocycles.